The number of amides is 4. The van der Waals surface area contributed by atoms with Gasteiger partial charge in [0, 0.05) is 40.7 Å². The molecule has 3 aliphatic rings. The molecule has 4 amide bonds. The Morgan fingerprint density at radius 1 is 0.648 bits per heavy atom. The van der Waals surface area contributed by atoms with E-state index < -0.39 is 30.5 Å². The molecule has 4 aromatic carbocycles. The van der Waals surface area contributed by atoms with Crippen molar-refractivity contribution in [2.24, 2.45) is 11.8 Å². The molecule has 0 saturated carbocycles. The molecule has 3 aromatic heterocycles. The van der Waals surface area contributed by atoms with E-state index >= 15 is 0 Å². The van der Waals surface area contributed by atoms with Crippen LogP contribution >= 0.6 is 0 Å². The fraction of sp³-hybridized carbons (Fsp3) is 0.345. The highest BCUT2D eigenvalue weighted by Gasteiger charge is 2.39. The van der Waals surface area contributed by atoms with E-state index in [4.69, 9.17) is 24.2 Å². The third kappa shape index (κ3) is 8.98. The summed E-state index contributed by atoms with van der Waals surface area (Å²) in [6.45, 7) is 8.74. The van der Waals surface area contributed by atoms with E-state index in [0.29, 0.717) is 30.5 Å². The van der Waals surface area contributed by atoms with Gasteiger partial charge in [0.05, 0.1) is 61.3 Å². The minimum Gasteiger partial charge on any atom is -0.465 e. The number of hydrogen-bond donors (Lipinski definition) is 4. The minimum atomic E-state index is -0.730. The number of rotatable bonds is 12. The third-order valence-corrected chi connectivity index (χ3v) is 14.1. The zero-order valence-corrected chi connectivity index (χ0v) is 40.8. The fourth-order valence-corrected chi connectivity index (χ4v) is 10.4. The summed E-state index contributed by atoms with van der Waals surface area (Å²) in [5, 5.41) is 6.47. The Morgan fingerprint density at radius 3 is 1.79 bits per heavy atom. The second-order valence-electron chi connectivity index (χ2n) is 19.3. The SMILES string of the molecule is COC(=O)N[C@H](C(=O)N1CCC[C@H]1c1ncc(-c2ccc3c(c2)OC(c2cccc(-c4ccccc4)c2)n2c-3cc3cc(-c4cnc([C@@H]5CCCN5C(=O)[C@@H](NC(=O)OC)C(C)C)[nH]4)ccc32)[nH]1)C(C)C. The average molecular weight is 958 g/mol. The van der Waals surface area contributed by atoms with Crippen molar-refractivity contribution >= 4 is 34.9 Å². The van der Waals surface area contributed by atoms with Gasteiger partial charge in [0.25, 0.3) is 0 Å². The van der Waals surface area contributed by atoms with E-state index in [2.05, 4.69) is 104 Å². The van der Waals surface area contributed by atoms with Crippen molar-refractivity contribution in [1.29, 1.82) is 0 Å². The molecule has 0 radical (unpaired) electrons. The highest BCUT2D eigenvalue weighted by Crippen LogP contribution is 2.47. The summed E-state index contributed by atoms with van der Waals surface area (Å²) in [6.07, 6.45) is 4.96. The first-order chi connectivity index (χ1) is 34.4. The number of imidazole rings is 2. The molecule has 16 heteroatoms. The van der Waals surface area contributed by atoms with Gasteiger partial charge in [-0.05, 0) is 85.0 Å². The van der Waals surface area contributed by atoms with Crippen LogP contribution in [0.25, 0.3) is 55.8 Å². The lowest BCUT2D eigenvalue weighted by atomic mass is 10.0. The standard InChI is InChI=1S/C55H59N9O7/c1-31(2)47(60-54(67)69-5)51(65)62-23-11-17-43(62)49-56-29-40(58-49)35-20-22-42-38(26-35)27-45-39-21-19-36(28-46(39)71-53(64(42)45)37-16-10-15-34(25-37)33-13-8-7-9-14-33)41-30-57-50(59-41)44-18-12-24-63(44)52(66)48(32(3)4)61-55(68)70-6/h7-10,13-16,19-22,25-32,43-44,47-48,53H,11-12,17-18,23-24H2,1-6H3,(H,56,58)(H,57,59)(H,60,67)(H,61,68)/t43-,44-,47-,48-,53?/m0/s1. The Bertz CT molecular complexity index is 3120. The molecule has 1 unspecified atom stereocenters. The van der Waals surface area contributed by atoms with E-state index in [1.165, 1.54) is 14.2 Å². The molecule has 16 nitrogen and oxygen atoms in total. The first kappa shape index (κ1) is 46.8. The van der Waals surface area contributed by atoms with E-state index in [0.717, 1.165) is 87.0 Å². The number of nitrogens with zero attached hydrogens (tertiary/aromatic N) is 5. The molecular formula is C55H59N9O7. The first-order valence-corrected chi connectivity index (χ1v) is 24.4. The molecule has 2 saturated heterocycles. The quantitative estimate of drug-likeness (QED) is 0.0924. The van der Waals surface area contributed by atoms with Crippen molar-refractivity contribution in [2.75, 3.05) is 27.3 Å². The van der Waals surface area contributed by atoms with Crippen molar-refractivity contribution in [3.05, 3.63) is 127 Å². The fourth-order valence-electron chi connectivity index (χ4n) is 10.4. The van der Waals surface area contributed by atoms with Gasteiger partial charge in [0.1, 0.15) is 29.5 Å². The maximum atomic E-state index is 13.9. The van der Waals surface area contributed by atoms with Crippen molar-refractivity contribution in [3.63, 3.8) is 0 Å². The minimum absolute atomic E-state index is 0.136. The number of benzene rings is 4. The first-order valence-electron chi connectivity index (χ1n) is 24.4. The number of aromatic nitrogens is 5. The molecule has 366 valence electrons. The normalized spacial score (nSPS) is 18.2. The molecule has 71 heavy (non-hydrogen) atoms. The van der Waals surface area contributed by atoms with Crippen LogP contribution in [0.4, 0.5) is 9.59 Å². The van der Waals surface area contributed by atoms with Gasteiger partial charge in [-0.2, -0.15) is 0 Å². The number of H-pyrrole nitrogens is 2. The monoisotopic (exact) mass is 957 g/mol. The number of aromatic amines is 2. The van der Waals surface area contributed by atoms with Gasteiger partial charge in [0.2, 0.25) is 18.0 Å². The summed E-state index contributed by atoms with van der Waals surface area (Å²) in [4.78, 5) is 72.4. The number of carbonyl (C=O) groups excluding carboxylic acids is 4. The van der Waals surface area contributed by atoms with E-state index in [1.807, 2.05) is 61.9 Å². The maximum absolute atomic E-state index is 13.9. The summed E-state index contributed by atoms with van der Waals surface area (Å²) in [5.74, 6) is 1.50. The maximum Gasteiger partial charge on any atom is 0.407 e. The lowest BCUT2D eigenvalue weighted by molar-refractivity contribution is -0.136. The number of hydrogen-bond acceptors (Lipinski definition) is 9. The lowest BCUT2D eigenvalue weighted by Gasteiger charge is -2.31. The van der Waals surface area contributed by atoms with Crippen LogP contribution in [0, 0.1) is 11.8 Å². The molecule has 0 bridgehead atoms. The molecule has 5 atom stereocenters. The van der Waals surface area contributed by atoms with Gasteiger partial charge < -0.3 is 49.2 Å². The van der Waals surface area contributed by atoms with Crippen LogP contribution < -0.4 is 15.4 Å². The summed E-state index contributed by atoms with van der Waals surface area (Å²) in [5.41, 5.74) is 9.53. The molecule has 10 rings (SSSR count). The smallest absolute Gasteiger partial charge is 0.407 e. The number of alkyl carbamates (subject to hydrolysis) is 2. The zero-order chi connectivity index (χ0) is 49.5. The van der Waals surface area contributed by atoms with Crippen molar-refractivity contribution in [3.8, 4) is 50.6 Å². The van der Waals surface area contributed by atoms with E-state index in [-0.39, 0.29) is 35.7 Å². The van der Waals surface area contributed by atoms with Crippen molar-refractivity contribution in [2.45, 2.75) is 83.8 Å². The molecule has 6 heterocycles. The van der Waals surface area contributed by atoms with Gasteiger partial charge >= 0.3 is 12.2 Å². The summed E-state index contributed by atoms with van der Waals surface area (Å²) >= 11 is 0. The predicted molar refractivity (Wildman–Crippen MR) is 269 cm³/mol. The highest BCUT2D eigenvalue weighted by atomic mass is 16.5. The molecule has 3 aliphatic heterocycles. The van der Waals surface area contributed by atoms with Gasteiger partial charge in [-0.3, -0.25) is 9.59 Å². The van der Waals surface area contributed by atoms with Crippen LogP contribution in [0.5, 0.6) is 5.75 Å². The second-order valence-corrected chi connectivity index (χ2v) is 19.3. The van der Waals surface area contributed by atoms with Gasteiger partial charge in [0.15, 0.2) is 0 Å². The van der Waals surface area contributed by atoms with Crippen molar-refractivity contribution in [1.82, 2.24) is 44.9 Å². The van der Waals surface area contributed by atoms with Crippen LogP contribution in [-0.4, -0.2) is 97.7 Å². The number of methoxy groups -OCH3 is 2. The Balaban J connectivity index is 0.978. The van der Waals surface area contributed by atoms with Gasteiger partial charge in [-0.1, -0.05) is 88.4 Å². The Hall–Kier alpha value is -7.88. The summed E-state index contributed by atoms with van der Waals surface area (Å²) in [7, 11) is 2.58. The van der Waals surface area contributed by atoms with Crippen molar-refractivity contribution < 1.29 is 33.4 Å². The Kier molecular flexibility index (Phi) is 12.9. The van der Waals surface area contributed by atoms with Crippen LogP contribution in [0.15, 0.2) is 109 Å². The van der Waals surface area contributed by atoms with Gasteiger partial charge in [-0.15, -0.1) is 0 Å². The number of ether oxygens (including phenoxy) is 3. The summed E-state index contributed by atoms with van der Waals surface area (Å²) in [6, 6.07) is 31.6. The van der Waals surface area contributed by atoms with Crippen LogP contribution in [0.3, 0.4) is 0 Å². The van der Waals surface area contributed by atoms with Gasteiger partial charge in [-0.25, -0.2) is 19.6 Å². The molecular weight excluding hydrogens is 899 g/mol. The average Bonchev–Trinajstić information content (AvgIpc) is 4.26. The number of likely N-dealkylation sites (tertiary alicyclic amines) is 2. The van der Waals surface area contributed by atoms with Crippen LogP contribution in [-0.2, 0) is 19.1 Å². The second kappa shape index (κ2) is 19.5. The number of fused-ring (bicyclic) bond motifs is 5. The number of carbonyl (C=O) groups is 4. The van der Waals surface area contributed by atoms with Crippen LogP contribution in [0.1, 0.15) is 88.9 Å². The molecule has 7 aromatic rings. The highest BCUT2D eigenvalue weighted by molar-refractivity contribution is 5.93. The molecule has 4 N–H and O–H groups in total. The molecule has 2 fully saturated rings. The predicted octanol–water partition coefficient (Wildman–Crippen LogP) is 9.78. The number of nitrogens with one attached hydrogen (secondary N) is 4. The molecule has 0 spiro atoms. The lowest BCUT2D eigenvalue weighted by Crippen LogP contribution is -2.51. The van der Waals surface area contributed by atoms with Crippen LogP contribution in [0.2, 0.25) is 0 Å². The summed E-state index contributed by atoms with van der Waals surface area (Å²) < 4.78 is 19.0. The Labute approximate surface area is 412 Å². The third-order valence-electron chi connectivity index (χ3n) is 14.1. The largest absolute Gasteiger partial charge is 0.465 e. The zero-order valence-electron chi connectivity index (χ0n) is 40.8. The Morgan fingerprint density at radius 2 is 1.21 bits per heavy atom. The van der Waals surface area contributed by atoms with E-state index in [1.54, 1.807) is 6.20 Å². The molecule has 0 aliphatic carbocycles. The van der Waals surface area contributed by atoms with E-state index in [9.17, 15) is 19.2 Å². The topological polar surface area (TPSA) is 189 Å².